The lowest BCUT2D eigenvalue weighted by atomic mass is 10.2. The Bertz CT molecular complexity index is 668. The molecule has 2 aromatic rings. The van der Waals surface area contributed by atoms with Crippen molar-refractivity contribution in [3.05, 3.63) is 58.1 Å². The van der Waals surface area contributed by atoms with Gasteiger partial charge in [0.05, 0.1) is 0 Å². The van der Waals surface area contributed by atoms with E-state index in [1.54, 1.807) is 30.5 Å². The number of nitrogens with one attached hydrogen (secondary N) is 1. The van der Waals surface area contributed by atoms with Crippen LogP contribution in [0, 0.1) is 6.92 Å². The lowest BCUT2D eigenvalue weighted by Crippen LogP contribution is -2.12. The zero-order valence-corrected chi connectivity index (χ0v) is 13.5. The highest BCUT2D eigenvalue weighted by Crippen LogP contribution is 2.20. The minimum Gasteiger partial charge on any atom is -0.322 e. The maximum atomic E-state index is 12.1. The average Bonchev–Trinajstić information content (AvgIpc) is 2.43. The minimum atomic E-state index is -1.03. The van der Waals surface area contributed by atoms with Gasteiger partial charge in [0.1, 0.15) is 0 Å². The van der Waals surface area contributed by atoms with Crippen molar-refractivity contribution in [2.75, 3.05) is 11.6 Å². The highest BCUT2D eigenvalue weighted by atomic mass is 79.9. The quantitative estimate of drug-likeness (QED) is 0.915. The lowest BCUT2D eigenvalue weighted by molar-refractivity contribution is 0.102. The summed E-state index contributed by atoms with van der Waals surface area (Å²) in [4.78, 5) is 12.8. The van der Waals surface area contributed by atoms with E-state index in [9.17, 15) is 9.00 Å². The van der Waals surface area contributed by atoms with Gasteiger partial charge >= 0.3 is 0 Å². The molecule has 1 N–H and O–H groups in total. The van der Waals surface area contributed by atoms with E-state index in [4.69, 9.17) is 0 Å². The van der Waals surface area contributed by atoms with Crippen LogP contribution in [0.1, 0.15) is 15.9 Å². The summed E-state index contributed by atoms with van der Waals surface area (Å²) in [7, 11) is -1.03. The smallest absolute Gasteiger partial charge is 0.255 e. The second kappa shape index (κ2) is 6.33. The molecule has 0 aliphatic heterocycles. The summed E-state index contributed by atoms with van der Waals surface area (Å²) in [6.45, 7) is 1.96. The molecular weight excluding hydrogens is 338 g/mol. The maximum absolute atomic E-state index is 12.1. The van der Waals surface area contributed by atoms with Crippen LogP contribution in [0.4, 0.5) is 5.69 Å². The highest BCUT2D eigenvalue weighted by Gasteiger charge is 2.07. The molecule has 2 rings (SSSR count). The Morgan fingerprint density at radius 3 is 2.35 bits per heavy atom. The zero-order chi connectivity index (χ0) is 14.7. The van der Waals surface area contributed by atoms with Crippen LogP contribution < -0.4 is 5.32 Å². The molecule has 0 spiro atoms. The van der Waals surface area contributed by atoms with Crippen LogP contribution in [0.3, 0.4) is 0 Å². The van der Waals surface area contributed by atoms with Crippen molar-refractivity contribution in [1.82, 2.24) is 0 Å². The van der Waals surface area contributed by atoms with Crippen molar-refractivity contribution in [2.24, 2.45) is 0 Å². The summed E-state index contributed by atoms with van der Waals surface area (Å²) in [5, 5.41) is 2.84. The van der Waals surface area contributed by atoms with Crippen molar-refractivity contribution in [3.63, 3.8) is 0 Å². The van der Waals surface area contributed by atoms with Crippen molar-refractivity contribution < 1.29 is 9.00 Å². The summed E-state index contributed by atoms with van der Waals surface area (Å²) in [6, 6.07) is 12.4. The highest BCUT2D eigenvalue weighted by molar-refractivity contribution is 9.10. The summed E-state index contributed by atoms with van der Waals surface area (Å²) in [5.41, 5.74) is 2.35. The van der Waals surface area contributed by atoms with Gasteiger partial charge in [-0.05, 0) is 55.0 Å². The van der Waals surface area contributed by atoms with E-state index < -0.39 is 10.8 Å². The van der Waals surface area contributed by atoms with Crippen molar-refractivity contribution >= 4 is 38.3 Å². The Morgan fingerprint density at radius 2 is 1.80 bits per heavy atom. The van der Waals surface area contributed by atoms with Gasteiger partial charge in [-0.15, -0.1) is 0 Å². The van der Waals surface area contributed by atoms with Crippen LogP contribution in [0.25, 0.3) is 0 Å². The molecule has 1 unspecified atom stereocenters. The number of hydrogen-bond acceptors (Lipinski definition) is 2. The number of benzene rings is 2. The van der Waals surface area contributed by atoms with E-state index in [1.165, 1.54) is 0 Å². The Balaban J connectivity index is 2.15. The molecular formula is C15H14BrNO2S. The van der Waals surface area contributed by atoms with E-state index >= 15 is 0 Å². The molecule has 0 heterocycles. The topological polar surface area (TPSA) is 46.2 Å². The van der Waals surface area contributed by atoms with E-state index in [0.717, 1.165) is 15.7 Å². The number of hydrogen-bond donors (Lipinski definition) is 1. The first-order chi connectivity index (χ1) is 9.47. The van der Waals surface area contributed by atoms with Crippen LogP contribution >= 0.6 is 15.9 Å². The third-order valence-corrected chi connectivity index (χ3v) is 4.69. The fourth-order valence-electron chi connectivity index (χ4n) is 1.72. The van der Waals surface area contributed by atoms with E-state index in [1.807, 2.05) is 25.1 Å². The van der Waals surface area contributed by atoms with Crippen molar-refractivity contribution in [1.29, 1.82) is 0 Å². The largest absolute Gasteiger partial charge is 0.322 e. The number of carbonyl (C=O) groups excluding carboxylic acids is 1. The zero-order valence-electron chi connectivity index (χ0n) is 11.1. The van der Waals surface area contributed by atoms with Gasteiger partial charge in [0.15, 0.2) is 0 Å². The Labute approximate surface area is 129 Å². The molecule has 1 amide bonds. The molecule has 0 aliphatic carbocycles. The third kappa shape index (κ3) is 3.55. The Morgan fingerprint density at radius 1 is 1.15 bits per heavy atom. The van der Waals surface area contributed by atoms with Crippen molar-refractivity contribution in [3.8, 4) is 0 Å². The minimum absolute atomic E-state index is 0.180. The van der Waals surface area contributed by atoms with Crippen LogP contribution in [0.2, 0.25) is 0 Å². The number of halogens is 1. The molecule has 3 nitrogen and oxygen atoms in total. The van der Waals surface area contributed by atoms with Crippen LogP contribution in [-0.2, 0) is 10.8 Å². The van der Waals surface area contributed by atoms with E-state index in [2.05, 4.69) is 21.2 Å². The first kappa shape index (κ1) is 14.9. The molecule has 0 saturated carbocycles. The predicted octanol–water partition coefficient (Wildman–Crippen LogP) is 3.75. The number of rotatable bonds is 3. The second-order valence-corrected chi connectivity index (χ2v) is 6.63. The number of anilines is 1. The molecule has 5 heteroatoms. The Hall–Kier alpha value is -1.46. The van der Waals surface area contributed by atoms with Gasteiger partial charge in [-0.3, -0.25) is 9.00 Å². The third-order valence-electron chi connectivity index (χ3n) is 2.86. The molecule has 0 saturated heterocycles. The van der Waals surface area contributed by atoms with Crippen LogP contribution in [0.5, 0.6) is 0 Å². The van der Waals surface area contributed by atoms with Crippen molar-refractivity contribution in [2.45, 2.75) is 11.8 Å². The lowest BCUT2D eigenvalue weighted by Gasteiger charge is -2.07. The molecule has 104 valence electrons. The van der Waals surface area contributed by atoms with Gasteiger partial charge in [-0.2, -0.15) is 0 Å². The summed E-state index contributed by atoms with van der Waals surface area (Å²) in [6.07, 6.45) is 1.61. The normalized spacial score (nSPS) is 11.9. The molecule has 0 aromatic heterocycles. The van der Waals surface area contributed by atoms with E-state index in [-0.39, 0.29) is 5.91 Å². The van der Waals surface area contributed by atoms with Gasteiger partial charge in [-0.1, -0.05) is 15.9 Å². The number of carbonyl (C=O) groups is 1. The molecule has 0 fully saturated rings. The molecule has 2 aromatic carbocycles. The Kier molecular flexibility index (Phi) is 4.73. The van der Waals surface area contributed by atoms with Gasteiger partial charge in [0.25, 0.3) is 5.91 Å². The van der Waals surface area contributed by atoms with Crippen LogP contribution in [-0.4, -0.2) is 16.4 Å². The maximum Gasteiger partial charge on any atom is 0.255 e. The summed E-state index contributed by atoms with van der Waals surface area (Å²) >= 11 is 3.42. The van der Waals surface area contributed by atoms with Gasteiger partial charge in [0.2, 0.25) is 0 Å². The van der Waals surface area contributed by atoms with Gasteiger partial charge < -0.3 is 5.32 Å². The fraction of sp³-hybridized carbons (Fsp3) is 0.133. The van der Waals surface area contributed by atoms with Gasteiger partial charge in [-0.25, -0.2) is 0 Å². The number of amides is 1. The van der Waals surface area contributed by atoms with Crippen LogP contribution in [0.15, 0.2) is 51.8 Å². The standard InChI is InChI=1S/C15H14BrNO2S/c1-10-9-12(5-8-14(10)16)17-15(18)11-3-6-13(7-4-11)20(2)19/h3-9H,1-2H3,(H,17,18). The second-order valence-electron chi connectivity index (χ2n) is 4.40. The monoisotopic (exact) mass is 351 g/mol. The predicted molar refractivity (Wildman–Crippen MR) is 85.6 cm³/mol. The van der Waals surface area contributed by atoms with Gasteiger partial charge in [0, 0.05) is 37.7 Å². The summed E-state index contributed by atoms with van der Waals surface area (Å²) in [5.74, 6) is -0.180. The fourth-order valence-corrected chi connectivity index (χ4v) is 2.49. The average molecular weight is 352 g/mol. The SMILES string of the molecule is Cc1cc(NC(=O)c2ccc(S(C)=O)cc2)ccc1Br. The van der Waals surface area contributed by atoms with E-state index in [0.29, 0.717) is 10.5 Å². The molecule has 0 aliphatic rings. The molecule has 0 radical (unpaired) electrons. The first-order valence-electron chi connectivity index (χ1n) is 5.98. The molecule has 1 atom stereocenters. The number of aryl methyl sites for hydroxylation is 1. The first-order valence-corrected chi connectivity index (χ1v) is 8.33. The molecule has 0 bridgehead atoms. The molecule has 20 heavy (non-hydrogen) atoms. The summed E-state index contributed by atoms with van der Waals surface area (Å²) < 4.78 is 12.3.